The smallest absolute Gasteiger partial charge is 0.317 e. The van der Waals surface area contributed by atoms with Crippen LogP contribution in [0.2, 0.25) is 0 Å². The van der Waals surface area contributed by atoms with Crippen molar-refractivity contribution in [2.75, 3.05) is 14.2 Å². The van der Waals surface area contributed by atoms with Gasteiger partial charge in [0, 0.05) is 11.6 Å². The van der Waals surface area contributed by atoms with E-state index in [1.807, 2.05) is 48.5 Å². The topological polar surface area (TPSA) is 134 Å². The summed E-state index contributed by atoms with van der Waals surface area (Å²) in [7, 11) is 3.22. The first kappa shape index (κ1) is 30.9. The van der Waals surface area contributed by atoms with Crippen molar-refractivity contribution in [3.63, 3.8) is 0 Å². The third kappa shape index (κ3) is 8.46. The largest absolute Gasteiger partial charge is 0.497 e. The van der Waals surface area contributed by atoms with Gasteiger partial charge in [-0.05, 0) is 66.6 Å². The summed E-state index contributed by atoms with van der Waals surface area (Å²) in [5.74, 6) is -0.715. The number of rotatable bonds is 15. The first-order valence-electron chi connectivity index (χ1n) is 13.5. The lowest BCUT2D eigenvalue weighted by molar-refractivity contribution is -0.142. The van der Waals surface area contributed by atoms with Gasteiger partial charge in [-0.1, -0.05) is 24.3 Å². The number of benzene rings is 3. The second kappa shape index (κ2) is 14.7. The molecule has 224 valence electrons. The number of carboxylic acids is 1. The Balaban J connectivity index is 1.45. The van der Waals surface area contributed by atoms with Crippen molar-refractivity contribution in [3.8, 4) is 28.7 Å². The minimum atomic E-state index is -1.54. The number of carboxylic acid groups (broad SMARTS) is 1. The van der Waals surface area contributed by atoms with Crippen LogP contribution in [0.1, 0.15) is 34.1 Å². The van der Waals surface area contributed by atoms with Crippen LogP contribution >= 0.6 is 0 Å². The predicted octanol–water partition coefficient (Wildman–Crippen LogP) is 5.10. The second-order valence-electron chi connectivity index (χ2n) is 9.63. The van der Waals surface area contributed by atoms with Crippen molar-refractivity contribution < 1.29 is 43.5 Å². The molecule has 0 aliphatic heterocycles. The Hall–Kier alpha value is -5.09. The number of nitrogens with zero attached hydrogens (tertiary/aromatic N) is 1. The molecule has 0 unspecified atom stereocenters. The fourth-order valence-electron chi connectivity index (χ4n) is 4.12. The van der Waals surface area contributed by atoms with Gasteiger partial charge in [0.15, 0.2) is 17.3 Å². The maximum atomic E-state index is 12.5. The van der Waals surface area contributed by atoms with Gasteiger partial charge in [-0.2, -0.15) is 0 Å². The fraction of sp³-hybridized carbons (Fsp3) is 0.242. The average molecular weight is 588 g/mol. The molecule has 3 aromatic carbocycles. The molecule has 2 N–H and O–H groups in total. The molecule has 0 saturated heterocycles. The predicted molar refractivity (Wildman–Crippen MR) is 157 cm³/mol. The van der Waals surface area contributed by atoms with Crippen LogP contribution in [0, 0.1) is 5.92 Å². The minimum absolute atomic E-state index is 0.0936. The van der Waals surface area contributed by atoms with E-state index in [2.05, 4.69) is 4.98 Å². The maximum Gasteiger partial charge on any atom is 0.317 e. The number of methoxy groups -OCH3 is 2. The number of Topliss-reactive ketones (excluding diaryl/α,β-unsaturated/α-hetero) is 1. The van der Waals surface area contributed by atoms with Gasteiger partial charge < -0.3 is 33.9 Å². The first-order valence-corrected chi connectivity index (χ1v) is 13.5. The summed E-state index contributed by atoms with van der Waals surface area (Å²) in [6.07, 6.45) is 0.256. The van der Waals surface area contributed by atoms with Gasteiger partial charge in [-0.3, -0.25) is 14.6 Å². The number of ketones is 1. The van der Waals surface area contributed by atoms with Crippen LogP contribution in [0.3, 0.4) is 0 Å². The quantitative estimate of drug-likeness (QED) is 0.143. The zero-order valence-electron chi connectivity index (χ0n) is 24.1. The summed E-state index contributed by atoms with van der Waals surface area (Å²) in [4.78, 5) is 28.4. The Bertz CT molecular complexity index is 1500. The van der Waals surface area contributed by atoms with Gasteiger partial charge >= 0.3 is 5.97 Å². The van der Waals surface area contributed by atoms with Crippen LogP contribution in [-0.2, 0) is 24.6 Å². The highest BCUT2D eigenvalue weighted by molar-refractivity contribution is 6.08. The molecule has 0 bridgehead atoms. The third-order valence-electron chi connectivity index (χ3n) is 6.55. The first-order chi connectivity index (χ1) is 20.8. The van der Waals surface area contributed by atoms with Gasteiger partial charge in [0.25, 0.3) is 0 Å². The SMILES string of the molecule is COc1ccc(COc2cnc(COc3ccc(C(=O)[C@@H](C(=O)O)[C@@H](C)O)cc3)cc2OCc2ccc(OC)cc2)cc1. The van der Waals surface area contributed by atoms with E-state index in [4.69, 9.17) is 23.7 Å². The number of carbonyl (C=O) groups excluding carboxylic acids is 1. The van der Waals surface area contributed by atoms with Gasteiger partial charge in [0.1, 0.15) is 43.0 Å². The molecule has 4 aromatic rings. The van der Waals surface area contributed by atoms with Crippen LogP contribution in [0.5, 0.6) is 28.7 Å². The number of hydrogen-bond donors (Lipinski definition) is 2. The Morgan fingerprint density at radius 1 is 0.721 bits per heavy atom. The molecule has 10 heteroatoms. The zero-order chi connectivity index (χ0) is 30.8. The Morgan fingerprint density at radius 2 is 1.23 bits per heavy atom. The number of aliphatic hydroxyl groups is 1. The molecule has 10 nitrogen and oxygen atoms in total. The van der Waals surface area contributed by atoms with Crippen molar-refractivity contribution in [3.05, 3.63) is 107 Å². The number of aliphatic hydroxyl groups excluding tert-OH is 1. The zero-order valence-corrected chi connectivity index (χ0v) is 24.1. The summed E-state index contributed by atoms with van der Waals surface area (Å²) in [6.45, 7) is 1.94. The molecular formula is C33H33NO9. The lowest BCUT2D eigenvalue weighted by Crippen LogP contribution is -2.33. The van der Waals surface area contributed by atoms with Crippen molar-refractivity contribution in [1.29, 1.82) is 0 Å². The molecule has 0 aliphatic carbocycles. The summed E-state index contributed by atoms with van der Waals surface area (Å²) in [5, 5.41) is 19.0. The maximum absolute atomic E-state index is 12.5. The number of ether oxygens (including phenoxy) is 5. The van der Waals surface area contributed by atoms with Crippen molar-refractivity contribution in [2.24, 2.45) is 5.92 Å². The molecule has 0 radical (unpaired) electrons. The van der Waals surface area contributed by atoms with E-state index in [1.165, 1.54) is 19.1 Å². The third-order valence-corrected chi connectivity index (χ3v) is 6.55. The van der Waals surface area contributed by atoms with E-state index in [-0.39, 0.29) is 18.8 Å². The molecule has 43 heavy (non-hydrogen) atoms. The normalized spacial score (nSPS) is 12.1. The van der Waals surface area contributed by atoms with E-state index >= 15 is 0 Å². The van der Waals surface area contributed by atoms with Crippen molar-refractivity contribution in [1.82, 2.24) is 4.98 Å². The highest BCUT2D eigenvalue weighted by Gasteiger charge is 2.31. The number of aromatic nitrogens is 1. The molecule has 0 fully saturated rings. The molecule has 0 amide bonds. The molecule has 0 saturated carbocycles. The van der Waals surface area contributed by atoms with Crippen LogP contribution in [-0.4, -0.2) is 47.3 Å². The van der Waals surface area contributed by atoms with E-state index in [1.54, 1.807) is 38.6 Å². The molecule has 4 rings (SSSR count). The van der Waals surface area contributed by atoms with Gasteiger partial charge in [0.2, 0.25) is 0 Å². The lowest BCUT2D eigenvalue weighted by Gasteiger charge is -2.15. The highest BCUT2D eigenvalue weighted by Crippen LogP contribution is 2.30. The molecule has 1 aromatic heterocycles. The van der Waals surface area contributed by atoms with Crippen LogP contribution in [0.15, 0.2) is 85.1 Å². The fourth-order valence-corrected chi connectivity index (χ4v) is 4.12. The van der Waals surface area contributed by atoms with Crippen LogP contribution in [0.4, 0.5) is 0 Å². The van der Waals surface area contributed by atoms with Gasteiger partial charge in [-0.25, -0.2) is 0 Å². The molecule has 0 aliphatic rings. The Morgan fingerprint density at radius 3 is 1.72 bits per heavy atom. The summed E-state index contributed by atoms with van der Waals surface area (Å²) >= 11 is 0. The highest BCUT2D eigenvalue weighted by atomic mass is 16.5. The standard InChI is InChI=1S/C33H33NO9/c1-21(35)31(33(37)38)32(36)24-8-14-28(15-9-24)41-20-25-16-29(42-18-22-4-10-26(39-2)11-5-22)30(17-34-25)43-19-23-6-12-27(40-3)13-7-23/h4-17,21,31,35H,18-20H2,1-3H3,(H,37,38)/t21-,31+/m1/s1. The van der Waals surface area contributed by atoms with E-state index < -0.39 is 23.8 Å². The number of carbonyl (C=O) groups is 2. The summed E-state index contributed by atoms with van der Waals surface area (Å²) < 4.78 is 28.5. The second-order valence-corrected chi connectivity index (χ2v) is 9.63. The summed E-state index contributed by atoms with van der Waals surface area (Å²) in [5.41, 5.74) is 2.61. The number of pyridine rings is 1. The van der Waals surface area contributed by atoms with Crippen LogP contribution in [0.25, 0.3) is 0 Å². The molecule has 0 spiro atoms. The number of hydrogen-bond acceptors (Lipinski definition) is 9. The van der Waals surface area contributed by atoms with E-state index in [0.717, 1.165) is 22.6 Å². The Kier molecular flexibility index (Phi) is 10.5. The Labute approximate surface area is 249 Å². The van der Waals surface area contributed by atoms with E-state index in [9.17, 15) is 19.8 Å². The molecule has 1 heterocycles. The van der Waals surface area contributed by atoms with Crippen molar-refractivity contribution >= 4 is 11.8 Å². The molecular weight excluding hydrogens is 554 g/mol. The summed E-state index contributed by atoms with van der Waals surface area (Å²) in [6, 6.07) is 22.9. The molecule has 2 atom stereocenters. The van der Waals surface area contributed by atoms with Gasteiger partial charge in [-0.15, -0.1) is 0 Å². The monoisotopic (exact) mass is 587 g/mol. The average Bonchev–Trinajstić information content (AvgIpc) is 3.02. The van der Waals surface area contributed by atoms with Crippen LogP contribution < -0.4 is 23.7 Å². The lowest BCUT2D eigenvalue weighted by atomic mass is 9.93. The minimum Gasteiger partial charge on any atom is -0.497 e. The van der Waals surface area contributed by atoms with Gasteiger partial charge in [0.05, 0.1) is 32.2 Å². The van der Waals surface area contributed by atoms with Crippen molar-refractivity contribution in [2.45, 2.75) is 32.8 Å². The number of aliphatic carboxylic acids is 1. The van der Waals surface area contributed by atoms with E-state index in [0.29, 0.717) is 29.5 Å².